The van der Waals surface area contributed by atoms with Crippen molar-refractivity contribution in [1.82, 2.24) is 10.6 Å². The number of nitrogens with one attached hydrogen (secondary N) is 2. The smallest absolute Gasteiger partial charge is 0.250 e. The zero-order valence-electron chi connectivity index (χ0n) is 9.71. The molecule has 1 saturated heterocycles. The first-order valence-electron chi connectivity index (χ1n) is 5.71. The van der Waals surface area contributed by atoms with Crippen LogP contribution in [-0.4, -0.2) is 31.7 Å². The van der Waals surface area contributed by atoms with E-state index >= 15 is 0 Å². The van der Waals surface area contributed by atoms with Gasteiger partial charge in [-0.1, -0.05) is 29.3 Å². The summed E-state index contributed by atoms with van der Waals surface area (Å²) in [5.74, 6) is -0.131. The maximum atomic E-state index is 11.8. The highest BCUT2D eigenvalue weighted by molar-refractivity contribution is 6.35. The molecule has 4 nitrogen and oxygen atoms in total. The van der Waals surface area contributed by atoms with Crippen molar-refractivity contribution < 1.29 is 9.53 Å². The SMILES string of the molecule is O=C(NCc1ccc(Cl)cc1Cl)[C@H]1CNCCO1. The van der Waals surface area contributed by atoms with E-state index < -0.39 is 6.10 Å². The van der Waals surface area contributed by atoms with Gasteiger partial charge < -0.3 is 15.4 Å². The summed E-state index contributed by atoms with van der Waals surface area (Å²) in [6.45, 7) is 2.25. The summed E-state index contributed by atoms with van der Waals surface area (Å²) in [7, 11) is 0. The zero-order valence-corrected chi connectivity index (χ0v) is 11.2. The van der Waals surface area contributed by atoms with Crippen LogP contribution < -0.4 is 10.6 Å². The van der Waals surface area contributed by atoms with E-state index in [2.05, 4.69) is 10.6 Å². The molecular formula is C12H14Cl2N2O2. The van der Waals surface area contributed by atoms with Gasteiger partial charge >= 0.3 is 0 Å². The van der Waals surface area contributed by atoms with Crippen LogP contribution in [0.1, 0.15) is 5.56 Å². The van der Waals surface area contributed by atoms with Crippen molar-refractivity contribution in [1.29, 1.82) is 0 Å². The Hall–Kier alpha value is -0.810. The Kier molecular flexibility index (Phi) is 4.83. The summed E-state index contributed by atoms with van der Waals surface area (Å²) in [5.41, 5.74) is 0.832. The molecule has 0 radical (unpaired) electrons. The van der Waals surface area contributed by atoms with Gasteiger partial charge in [0, 0.05) is 29.7 Å². The minimum atomic E-state index is -0.426. The lowest BCUT2D eigenvalue weighted by Gasteiger charge is -2.22. The first kappa shape index (κ1) is 13.6. The van der Waals surface area contributed by atoms with Crippen LogP contribution in [0.5, 0.6) is 0 Å². The zero-order chi connectivity index (χ0) is 13.0. The maximum absolute atomic E-state index is 11.8. The van der Waals surface area contributed by atoms with E-state index in [1.165, 1.54) is 0 Å². The molecule has 2 N–H and O–H groups in total. The van der Waals surface area contributed by atoms with Gasteiger partial charge in [-0.25, -0.2) is 0 Å². The number of carbonyl (C=O) groups is 1. The van der Waals surface area contributed by atoms with E-state index in [0.29, 0.717) is 29.7 Å². The highest BCUT2D eigenvalue weighted by atomic mass is 35.5. The number of rotatable bonds is 3. The lowest BCUT2D eigenvalue weighted by molar-refractivity contribution is -0.134. The van der Waals surface area contributed by atoms with Crippen molar-refractivity contribution in [3.8, 4) is 0 Å². The number of halogens is 2. The molecule has 2 rings (SSSR count). The molecule has 1 aliphatic heterocycles. The predicted octanol–water partition coefficient (Wildman–Crippen LogP) is 1.60. The van der Waals surface area contributed by atoms with E-state index in [9.17, 15) is 4.79 Å². The van der Waals surface area contributed by atoms with E-state index in [0.717, 1.165) is 12.1 Å². The van der Waals surface area contributed by atoms with Gasteiger partial charge in [-0.2, -0.15) is 0 Å². The molecule has 98 valence electrons. The number of amides is 1. The number of hydrogen-bond donors (Lipinski definition) is 2. The number of ether oxygens (including phenoxy) is 1. The molecule has 0 saturated carbocycles. The van der Waals surface area contributed by atoms with Crippen LogP contribution >= 0.6 is 23.2 Å². The average Bonchev–Trinajstić information content (AvgIpc) is 2.38. The minimum absolute atomic E-state index is 0.131. The second kappa shape index (κ2) is 6.38. The first-order chi connectivity index (χ1) is 8.66. The van der Waals surface area contributed by atoms with E-state index in [1.807, 2.05) is 0 Å². The van der Waals surface area contributed by atoms with E-state index in [4.69, 9.17) is 27.9 Å². The monoisotopic (exact) mass is 288 g/mol. The normalized spacial score (nSPS) is 19.6. The Morgan fingerprint density at radius 1 is 1.50 bits per heavy atom. The lowest BCUT2D eigenvalue weighted by Crippen LogP contribution is -2.47. The Balaban J connectivity index is 1.88. The third-order valence-corrected chi connectivity index (χ3v) is 3.28. The standard InChI is InChI=1S/C12H14Cl2N2O2/c13-9-2-1-8(10(14)5-9)6-16-12(17)11-7-15-3-4-18-11/h1-2,5,11,15H,3-4,6-7H2,(H,16,17)/t11-/m1/s1. The first-order valence-corrected chi connectivity index (χ1v) is 6.46. The molecule has 0 unspecified atom stereocenters. The molecule has 6 heteroatoms. The molecule has 0 bridgehead atoms. The van der Waals surface area contributed by atoms with E-state index in [-0.39, 0.29) is 5.91 Å². The van der Waals surface area contributed by atoms with Crippen LogP contribution in [-0.2, 0) is 16.1 Å². The van der Waals surface area contributed by atoms with Gasteiger partial charge in [0.15, 0.2) is 0 Å². The number of hydrogen-bond acceptors (Lipinski definition) is 3. The summed E-state index contributed by atoms with van der Waals surface area (Å²) in [5, 5.41) is 7.03. The summed E-state index contributed by atoms with van der Waals surface area (Å²) < 4.78 is 5.35. The van der Waals surface area contributed by atoms with Crippen LogP contribution in [0.25, 0.3) is 0 Å². The van der Waals surface area contributed by atoms with Gasteiger partial charge in [-0.05, 0) is 17.7 Å². The topological polar surface area (TPSA) is 50.4 Å². The van der Waals surface area contributed by atoms with Gasteiger partial charge in [-0.15, -0.1) is 0 Å². The highest BCUT2D eigenvalue weighted by Gasteiger charge is 2.21. The molecule has 0 aromatic heterocycles. The number of benzene rings is 1. The summed E-state index contributed by atoms with van der Waals surface area (Å²) in [6.07, 6.45) is -0.426. The third-order valence-electron chi connectivity index (χ3n) is 2.69. The predicted molar refractivity (Wildman–Crippen MR) is 70.9 cm³/mol. The quantitative estimate of drug-likeness (QED) is 0.888. The van der Waals surface area contributed by atoms with Crippen molar-refractivity contribution in [2.24, 2.45) is 0 Å². The van der Waals surface area contributed by atoms with Crippen molar-refractivity contribution in [2.75, 3.05) is 19.7 Å². The molecule has 18 heavy (non-hydrogen) atoms. The van der Waals surface area contributed by atoms with E-state index in [1.54, 1.807) is 18.2 Å². The summed E-state index contributed by atoms with van der Waals surface area (Å²) in [4.78, 5) is 11.8. The summed E-state index contributed by atoms with van der Waals surface area (Å²) >= 11 is 11.8. The number of morpholine rings is 1. The van der Waals surface area contributed by atoms with Crippen LogP contribution in [0, 0.1) is 0 Å². The fourth-order valence-electron chi connectivity index (χ4n) is 1.70. The van der Waals surface area contributed by atoms with Crippen LogP contribution in [0.3, 0.4) is 0 Å². The molecule has 1 atom stereocenters. The van der Waals surface area contributed by atoms with Crippen LogP contribution in [0.4, 0.5) is 0 Å². The molecule has 1 amide bonds. The van der Waals surface area contributed by atoms with Crippen LogP contribution in [0.2, 0.25) is 10.0 Å². The van der Waals surface area contributed by atoms with Crippen molar-refractivity contribution in [2.45, 2.75) is 12.6 Å². The Labute approximate surface area is 116 Å². The van der Waals surface area contributed by atoms with Gasteiger partial charge in [0.25, 0.3) is 5.91 Å². The molecule has 1 aromatic carbocycles. The lowest BCUT2D eigenvalue weighted by atomic mass is 10.2. The molecule has 0 spiro atoms. The molecule has 1 aliphatic rings. The minimum Gasteiger partial charge on any atom is -0.366 e. The third kappa shape index (κ3) is 3.59. The van der Waals surface area contributed by atoms with Gasteiger partial charge in [0.05, 0.1) is 6.61 Å². The van der Waals surface area contributed by atoms with Crippen molar-refractivity contribution in [3.63, 3.8) is 0 Å². The Bertz CT molecular complexity index is 434. The number of carbonyl (C=O) groups excluding carboxylic acids is 1. The second-order valence-electron chi connectivity index (χ2n) is 4.02. The summed E-state index contributed by atoms with van der Waals surface area (Å²) in [6, 6.07) is 5.20. The maximum Gasteiger partial charge on any atom is 0.250 e. The fourth-order valence-corrected chi connectivity index (χ4v) is 2.17. The second-order valence-corrected chi connectivity index (χ2v) is 4.86. The average molecular weight is 289 g/mol. The molecular weight excluding hydrogens is 275 g/mol. The van der Waals surface area contributed by atoms with Crippen LogP contribution in [0.15, 0.2) is 18.2 Å². The molecule has 1 fully saturated rings. The van der Waals surface area contributed by atoms with Crippen molar-refractivity contribution in [3.05, 3.63) is 33.8 Å². The Morgan fingerprint density at radius 2 is 2.33 bits per heavy atom. The Morgan fingerprint density at radius 3 is 3.00 bits per heavy atom. The molecule has 1 heterocycles. The van der Waals surface area contributed by atoms with Gasteiger partial charge in [-0.3, -0.25) is 4.79 Å². The fraction of sp³-hybridized carbons (Fsp3) is 0.417. The highest BCUT2D eigenvalue weighted by Crippen LogP contribution is 2.20. The molecule has 0 aliphatic carbocycles. The van der Waals surface area contributed by atoms with Crippen molar-refractivity contribution >= 4 is 29.1 Å². The van der Waals surface area contributed by atoms with Gasteiger partial charge in [0.1, 0.15) is 6.10 Å². The van der Waals surface area contributed by atoms with Gasteiger partial charge in [0.2, 0.25) is 0 Å². The largest absolute Gasteiger partial charge is 0.366 e. The molecule has 1 aromatic rings.